The summed E-state index contributed by atoms with van der Waals surface area (Å²) >= 11 is 0. The molecule has 0 unspecified atom stereocenters. The highest BCUT2D eigenvalue weighted by Crippen LogP contribution is 2.39. The molecule has 0 saturated carbocycles. The van der Waals surface area contributed by atoms with E-state index in [-0.39, 0.29) is 22.8 Å². The fourth-order valence-electron chi connectivity index (χ4n) is 2.38. The van der Waals surface area contributed by atoms with Crippen LogP contribution in [0.3, 0.4) is 0 Å². The molecule has 126 valence electrons. The zero-order valence-electron chi connectivity index (χ0n) is 14.1. The van der Waals surface area contributed by atoms with Crippen LogP contribution in [0.15, 0.2) is 36.4 Å². The number of aryl methyl sites for hydroxylation is 1. The molecule has 2 rings (SSSR count). The Morgan fingerprint density at radius 2 is 1.71 bits per heavy atom. The fourth-order valence-corrected chi connectivity index (χ4v) is 2.38. The van der Waals surface area contributed by atoms with Crippen molar-refractivity contribution in [3.8, 4) is 23.0 Å². The van der Waals surface area contributed by atoms with Gasteiger partial charge in [0, 0.05) is 0 Å². The van der Waals surface area contributed by atoms with Crippen LogP contribution in [-0.4, -0.2) is 32.2 Å². The van der Waals surface area contributed by atoms with E-state index in [4.69, 9.17) is 14.2 Å². The SMILES string of the molecule is COc1ccc(/C=C/C(=O)c2c(O)c(OC)cc(C)c2OC)cc1. The van der Waals surface area contributed by atoms with Crippen LogP contribution in [0, 0.1) is 6.92 Å². The van der Waals surface area contributed by atoms with Gasteiger partial charge >= 0.3 is 0 Å². The Morgan fingerprint density at radius 3 is 2.25 bits per heavy atom. The number of ether oxygens (including phenoxy) is 3. The lowest BCUT2D eigenvalue weighted by molar-refractivity contribution is 0.104. The van der Waals surface area contributed by atoms with Gasteiger partial charge in [-0.05, 0) is 42.3 Å². The van der Waals surface area contributed by atoms with Gasteiger partial charge in [-0.15, -0.1) is 0 Å². The molecule has 24 heavy (non-hydrogen) atoms. The average Bonchev–Trinajstić information content (AvgIpc) is 2.61. The van der Waals surface area contributed by atoms with Crippen molar-refractivity contribution in [3.05, 3.63) is 53.1 Å². The lowest BCUT2D eigenvalue weighted by Gasteiger charge is -2.14. The summed E-state index contributed by atoms with van der Waals surface area (Å²) in [5.41, 5.74) is 1.62. The first kappa shape index (κ1) is 17.4. The zero-order valence-corrected chi connectivity index (χ0v) is 14.1. The Bertz CT molecular complexity index is 760. The van der Waals surface area contributed by atoms with E-state index >= 15 is 0 Å². The van der Waals surface area contributed by atoms with Crippen molar-refractivity contribution in [1.82, 2.24) is 0 Å². The fraction of sp³-hybridized carbons (Fsp3) is 0.211. The molecular weight excluding hydrogens is 308 g/mol. The number of hydrogen-bond donors (Lipinski definition) is 1. The summed E-state index contributed by atoms with van der Waals surface area (Å²) in [4.78, 5) is 12.6. The van der Waals surface area contributed by atoms with E-state index < -0.39 is 0 Å². The van der Waals surface area contributed by atoms with E-state index in [2.05, 4.69) is 0 Å². The smallest absolute Gasteiger partial charge is 0.193 e. The van der Waals surface area contributed by atoms with Crippen LogP contribution in [-0.2, 0) is 0 Å². The number of carbonyl (C=O) groups is 1. The molecule has 5 nitrogen and oxygen atoms in total. The largest absolute Gasteiger partial charge is 0.504 e. The molecule has 0 radical (unpaired) electrons. The number of phenolic OH excluding ortho intramolecular Hbond substituents is 1. The van der Waals surface area contributed by atoms with Crippen LogP contribution < -0.4 is 14.2 Å². The van der Waals surface area contributed by atoms with Crippen molar-refractivity contribution in [1.29, 1.82) is 0 Å². The molecule has 0 aromatic heterocycles. The van der Waals surface area contributed by atoms with Crippen LogP contribution in [0.25, 0.3) is 6.08 Å². The van der Waals surface area contributed by atoms with Crippen molar-refractivity contribution in [2.45, 2.75) is 6.92 Å². The molecule has 0 aliphatic heterocycles. The van der Waals surface area contributed by atoms with Gasteiger partial charge in [-0.2, -0.15) is 0 Å². The number of benzene rings is 2. The Morgan fingerprint density at radius 1 is 1.04 bits per heavy atom. The maximum Gasteiger partial charge on any atom is 0.193 e. The maximum atomic E-state index is 12.6. The monoisotopic (exact) mass is 328 g/mol. The number of aromatic hydroxyl groups is 1. The van der Waals surface area contributed by atoms with Crippen molar-refractivity contribution in [2.75, 3.05) is 21.3 Å². The summed E-state index contributed by atoms with van der Waals surface area (Å²) in [6.07, 6.45) is 3.05. The predicted molar refractivity (Wildman–Crippen MR) is 92.3 cm³/mol. The first-order valence-electron chi connectivity index (χ1n) is 7.32. The van der Waals surface area contributed by atoms with Gasteiger partial charge in [-0.3, -0.25) is 4.79 Å². The summed E-state index contributed by atoms with van der Waals surface area (Å²) in [5, 5.41) is 10.3. The van der Waals surface area contributed by atoms with Crippen molar-refractivity contribution >= 4 is 11.9 Å². The summed E-state index contributed by atoms with van der Waals surface area (Å²) in [5.74, 6) is 0.694. The van der Waals surface area contributed by atoms with Crippen LogP contribution in [0.2, 0.25) is 0 Å². The van der Waals surface area contributed by atoms with Crippen molar-refractivity contribution < 1.29 is 24.1 Å². The van der Waals surface area contributed by atoms with Crippen molar-refractivity contribution in [2.24, 2.45) is 0 Å². The van der Waals surface area contributed by atoms with E-state index in [1.807, 2.05) is 12.1 Å². The van der Waals surface area contributed by atoms with Gasteiger partial charge in [-0.1, -0.05) is 18.2 Å². The van der Waals surface area contributed by atoms with E-state index in [9.17, 15) is 9.90 Å². The molecule has 0 atom stereocenters. The molecule has 0 saturated heterocycles. The van der Waals surface area contributed by atoms with Gasteiger partial charge in [0.05, 0.1) is 21.3 Å². The highest BCUT2D eigenvalue weighted by molar-refractivity contribution is 6.11. The number of phenols is 1. The maximum absolute atomic E-state index is 12.6. The van der Waals surface area contributed by atoms with Gasteiger partial charge in [0.2, 0.25) is 0 Å². The number of carbonyl (C=O) groups excluding carboxylic acids is 1. The molecule has 5 heteroatoms. The first-order chi connectivity index (χ1) is 11.5. The van der Waals surface area contributed by atoms with Crippen molar-refractivity contribution in [3.63, 3.8) is 0 Å². The van der Waals surface area contributed by atoms with Crippen LogP contribution in [0.5, 0.6) is 23.0 Å². The number of allylic oxidation sites excluding steroid dienone is 1. The molecule has 0 bridgehead atoms. The minimum Gasteiger partial charge on any atom is -0.504 e. The van der Waals surface area contributed by atoms with E-state index in [0.29, 0.717) is 11.3 Å². The quantitative estimate of drug-likeness (QED) is 0.648. The number of ketones is 1. The van der Waals surface area contributed by atoms with Gasteiger partial charge in [-0.25, -0.2) is 0 Å². The molecule has 0 amide bonds. The molecule has 1 N–H and O–H groups in total. The van der Waals surface area contributed by atoms with Crippen LogP contribution in [0.4, 0.5) is 0 Å². The topological polar surface area (TPSA) is 65.0 Å². The Labute approximate surface area is 141 Å². The third-order valence-corrected chi connectivity index (χ3v) is 3.62. The predicted octanol–water partition coefficient (Wildman–Crippen LogP) is 3.62. The van der Waals surface area contributed by atoms with E-state index in [1.165, 1.54) is 20.3 Å². The lowest BCUT2D eigenvalue weighted by Crippen LogP contribution is -2.03. The third-order valence-electron chi connectivity index (χ3n) is 3.62. The summed E-state index contributed by atoms with van der Waals surface area (Å²) in [6, 6.07) is 8.89. The Balaban J connectivity index is 2.37. The number of rotatable bonds is 6. The molecule has 0 fully saturated rings. The first-order valence-corrected chi connectivity index (χ1v) is 7.32. The molecule has 0 aliphatic rings. The molecule has 2 aromatic rings. The minimum absolute atomic E-state index is 0.0825. The Hall–Kier alpha value is -2.95. The Kier molecular flexibility index (Phi) is 5.47. The van der Waals surface area contributed by atoms with Gasteiger partial charge in [0.25, 0.3) is 0 Å². The highest BCUT2D eigenvalue weighted by Gasteiger charge is 2.21. The number of methoxy groups -OCH3 is 3. The average molecular weight is 328 g/mol. The second kappa shape index (κ2) is 7.55. The second-order valence-electron chi connectivity index (χ2n) is 5.12. The van der Waals surface area contributed by atoms with Crippen LogP contribution >= 0.6 is 0 Å². The summed E-state index contributed by atoms with van der Waals surface area (Å²) in [7, 11) is 4.48. The molecular formula is C19H20O5. The summed E-state index contributed by atoms with van der Waals surface area (Å²) in [6.45, 7) is 1.78. The zero-order chi connectivity index (χ0) is 17.7. The minimum atomic E-state index is -0.373. The molecule has 0 spiro atoms. The standard InChI is InChI=1S/C19H20O5/c1-12-11-16(23-3)18(21)17(19(12)24-4)15(20)10-7-13-5-8-14(22-2)9-6-13/h5-11,21H,1-4H3/b10-7+. The third kappa shape index (κ3) is 3.51. The van der Waals surface area contributed by atoms with E-state index in [1.54, 1.807) is 38.3 Å². The lowest BCUT2D eigenvalue weighted by atomic mass is 10.0. The molecule has 2 aromatic carbocycles. The normalized spacial score (nSPS) is 10.7. The van der Waals surface area contributed by atoms with Gasteiger partial charge in [0.15, 0.2) is 17.3 Å². The van der Waals surface area contributed by atoms with Gasteiger partial charge in [0.1, 0.15) is 17.1 Å². The molecule has 0 aliphatic carbocycles. The summed E-state index contributed by atoms with van der Waals surface area (Å²) < 4.78 is 15.5. The second-order valence-corrected chi connectivity index (χ2v) is 5.12. The number of hydrogen-bond acceptors (Lipinski definition) is 5. The van der Waals surface area contributed by atoms with Gasteiger partial charge < -0.3 is 19.3 Å². The van der Waals surface area contributed by atoms with Crippen LogP contribution in [0.1, 0.15) is 21.5 Å². The molecule has 0 heterocycles. The van der Waals surface area contributed by atoms with E-state index in [0.717, 1.165) is 11.3 Å². The highest BCUT2D eigenvalue weighted by atomic mass is 16.5.